The molecule has 7 heteroatoms. The predicted molar refractivity (Wildman–Crippen MR) is 117 cm³/mol. The SMILES string of the molecule is O=C1OC(c2cccc3ccccc23)=N/C1=C/N1CCN(C(=O)OC2CCCC2)CC1. The zero-order chi connectivity index (χ0) is 21.2. The number of amides is 1. The predicted octanol–water partition coefficient (Wildman–Crippen LogP) is 3.68. The fourth-order valence-corrected chi connectivity index (χ4v) is 4.36. The quantitative estimate of drug-likeness (QED) is 0.561. The van der Waals surface area contributed by atoms with E-state index in [1.165, 1.54) is 0 Å². The summed E-state index contributed by atoms with van der Waals surface area (Å²) in [6, 6.07) is 13.8. The average molecular weight is 419 g/mol. The van der Waals surface area contributed by atoms with E-state index in [-0.39, 0.29) is 17.9 Å². The second-order valence-corrected chi connectivity index (χ2v) is 8.16. The minimum Gasteiger partial charge on any atom is -0.446 e. The Morgan fingerprint density at radius 3 is 2.58 bits per heavy atom. The lowest BCUT2D eigenvalue weighted by molar-refractivity contribution is -0.130. The van der Waals surface area contributed by atoms with Gasteiger partial charge in [0.2, 0.25) is 5.90 Å². The van der Waals surface area contributed by atoms with Crippen LogP contribution in [0.3, 0.4) is 0 Å². The molecule has 5 rings (SSSR count). The van der Waals surface area contributed by atoms with Gasteiger partial charge in [0, 0.05) is 37.9 Å². The van der Waals surface area contributed by atoms with Gasteiger partial charge in [0.05, 0.1) is 0 Å². The fourth-order valence-electron chi connectivity index (χ4n) is 4.36. The van der Waals surface area contributed by atoms with Crippen LogP contribution in [-0.4, -0.2) is 60.0 Å². The van der Waals surface area contributed by atoms with Crippen molar-refractivity contribution >= 4 is 28.7 Å². The van der Waals surface area contributed by atoms with Crippen LogP contribution in [-0.2, 0) is 14.3 Å². The number of cyclic esters (lactones) is 1. The van der Waals surface area contributed by atoms with E-state index in [9.17, 15) is 9.59 Å². The molecule has 2 aliphatic heterocycles. The highest BCUT2D eigenvalue weighted by Gasteiger charge is 2.28. The van der Waals surface area contributed by atoms with Gasteiger partial charge in [0.15, 0.2) is 5.70 Å². The molecular formula is C24H25N3O4. The molecule has 2 aromatic carbocycles. The number of piperazine rings is 1. The van der Waals surface area contributed by atoms with E-state index in [0.29, 0.717) is 32.1 Å². The normalized spacial score (nSPS) is 21.0. The van der Waals surface area contributed by atoms with Crippen molar-refractivity contribution in [1.82, 2.24) is 9.80 Å². The Morgan fingerprint density at radius 1 is 1.03 bits per heavy atom. The van der Waals surface area contributed by atoms with Gasteiger partial charge in [-0.05, 0) is 42.5 Å². The number of hydrogen-bond donors (Lipinski definition) is 0. The highest BCUT2D eigenvalue weighted by molar-refractivity contribution is 6.16. The van der Waals surface area contributed by atoms with Crippen LogP contribution in [0.5, 0.6) is 0 Å². The van der Waals surface area contributed by atoms with Crippen molar-refractivity contribution < 1.29 is 19.1 Å². The number of esters is 1. The molecule has 31 heavy (non-hydrogen) atoms. The molecule has 1 amide bonds. The van der Waals surface area contributed by atoms with Crippen LogP contribution in [0.15, 0.2) is 59.4 Å². The third-order valence-corrected chi connectivity index (χ3v) is 6.09. The van der Waals surface area contributed by atoms with Crippen LogP contribution in [0, 0.1) is 0 Å². The van der Waals surface area contributed by atoms with E-state index in [1.54, 1.807) is 11.1 Å². The number of nitrogens with zero attached hydrogens (tertiary/aromatic N) is 3. The second-order valence-electron chi connectivity index (χ2n) is 8.16. The molecule has 7 nitrogen and oxygen atoms in total. The number of carbonyl (C=O) groups excluding carboxylic acids is 2. The Labute approximate surface area is 180 Å². The maximum atomic E-state index is 12.4. The Hall–Kier alpha value is -3.35. The van der Waals surface area contributed by atoms with Gasteiger partial charge >= 0.3 is 12.1 Å². The number of ether oxygens (including phenoxy) is 2. The van der Waals surface area contributed by atoms with Crippen LogP contribution in [0.4, 0.5) is 4.79 Å². The van der Waals surface area contributed by atoms with Crippen molar-refractivity contribution in [2.24, 2.45) is 4.99 Å². The standard InChI is InChI=1S/C24H25N3O4/c28-23-21(25-22(31-23)20-11-5-7-17-6-1-4-10-19(17)20)16-26-12-14-27(15-13-26)24(29)30-18-8-2-3-9-18/h1,4-7,10-11,16,18H,2-3,8-9,12-15H2/b21-16+. The van der Waals surface area contributed by atoms with Crippen LogP contribution in [0.25, 0.3) is 10.8 Å². The summed E-state index contributed by atoms with van der Waals surface area (Å²) in [7, 11) is 0. The van der Waals surface area contributed by atoms with E-state index in [1.807, 2.05) is 47.4 Å². The van der Waals surface area contributed by atoms with Gasteiger partial charge in [0.25, 0.3) is 0 Å². The van der Waals surface area contributed by atoms with Crippen LogP contribution >= 0.6 is 0 Å². The molecule has 0 unspecified atom stereocenters. The first kappa shape index (κ1) is 19.6. The zero-order valence-corrected chi connectivity index (χ0v) is 17.3. The summed E-state index contributed by atoms with van der Waals surface area (Å²) < 4.78 is 11.1. The van der Waals surface area contributed by atoms with Crippen LogP contribution < -0.4 is 0 Å². The lowest BCUT2D eigenvalue weighted by Gasteiger charge is -2.34. The third-order valence-electron chi connectivity index (χ3n) is 6.09. The Bertz CT molecular complexity index is 1060. The van der Waals surface area contributed by atoms with Crippen molar-refractivity contribution in [3.8, 4) is 0 Å². The van der Waals surface area contributed by atoms with E-state index in [0.717, 1.165) is 42.0 Å². The molecule has 0 radical (unpaired) electrons. The molecule has 0 aromatic heterocycles. The van der Waals surface area contributed by atoms with Crippen molar-refractivity contribution in [2.75, 3.05) is 26.2 Å². The minimum absolute atomic E-state index is 0.0720. The minimum atomic E-state index is -0.453. The highest BCUT2D eigenvalue weighted by atomic mass is 16.6. The highest BCUT2D eigenvalue weighted by Crippen LogP contribution is 2.25. The summed E-state index contributed by atoms with van der Waals surface area (Å²) >= 11 is 0. The molecular weight excluding hydrogens is 394 g/mol. The topological polar surface area (TPSA) is 71.4 Å². The summed E-state index contributed by atoms with van der Waals surface area (Å²) in [5, 5.41) is 2.06. The third kappa shape index (κ3) is 4.13. The number of hydrogen-bond acceptors (Lipinski definition) is 6. The van der Waals surface area contributed by atoms with Gasteiger partial charge in [0.1, 0.15) is 6.10 Å². The maximum Gasteiger partial charge on any atom is 0.410 e. The lowest BCUT2D eigenvalue weighted by atomic mass is 10.0. The van der Waals surface area contributed by atoms with Gasteiger partial charge in [-0.3, -0.25) is 0 Å². The lowest BCUT2D eigenvalue weighted by Crippen LogP contribution is -2.47. The first-order valence-corrected chi connectivity index (χ1v) is 10.9. The van der Waals surface area contributed by atoms with Gasteiger partial charge < -0.3 is 19.3 Å². The molecule has 0 N–H and O–H groups in total. The monoisotopic (exact) mass is 419 g/mol. The summed E-state index contributed by atoms with van der Waals surface area (Å²) in [5.74, 6) is -0.127. The van der Waals surface area contributed by atoms with E-state index < -0.39 is 5.97 Å². The molecule has 2 fully saturated rings. The fraction of sp³-hybridized carbons (Fsp3) is 0.375. The van der Waals surface area contributed by atoms with Crippen LogP contribution in [0.2, 0.25) is 0 Å². The van der Waals surface area contributed by atoms with Gasteiger partial charge in [-0.25, -0.2) is 14.6 Å². The largest absolute Gasteiger partial charge is 0.446 e. The van der Waals surface area contributed by atoms with Crippen molar-refractivity contribution in [3.63, 3.8) is 0 Å². The number of aliphatic imine (C=N–C) groups is 1. The van der Waals surface area contributed by atoms with E-state index in [4.69, 9.17) is 9.47 Å². The Kier molecular flexibility index (Phi) is 5.32. The number of benzene rings is 2. The van der Waals surface area contributed by atoms with Gasteiger partial charge in [-0.2, -0.15) is 0 Å². The molecule has 2 aromatic rings. The zero-order valence-electron chi connectivity index (χ0n) is 17.3. The summed E-state index contributed by atoms with van der Waals surface area (Å²) in [6.45, 7) is 2.36. The van der Waals surface area contributed by atoms with Crippen molar-refractivity contribution in [1.29, 1.82) is 0 Å². The van der Waals surface area contributed by atoms with Crippen molar-refractivity contribution in [2.45, 2.75) is 31.8 Å². The molecule has 0 bridgehead atoms. The molecule has 2 heterocycles. The molecule has 1 aliphatic carbocycles. The smallest absolute Gasteiger partial charge is 0.410 e. The number of carbonyl (C=O) groups is 2. The average Bonchev–Trinajstić information content (AvgIpc) is 3.43. The molecule has 3 aliphatic rings. The summed E-state index contributed by atoms with van der Waals surface area (Å²) in [6.07, 6.45) is 5.79. The Morgan fingerprint density at radius 2 is 1.77 bits per heavy atom. The summed E-state index contributed by atoms with van der Waals surface area (Å²) in [5.41, 5.74) is 1.08. The van der Waals surface area contributed by atoms with E-state index >= 15 is 0 Å². The molecule has 1 saturated heterocycles. The maximum absolute atomic E-state index is 12.4. The van der Waals surface area contributed by atoms with Crippen molar-refractivity contribution in [3.05, 3.63) is 59.9 Å². The molecule has 1 saturated carbocycles. The van der Waals surface area contributed by atoms with Gasteiger partial charge in [-0.15, -0.1) is 0 Å². The second kappa shape index (κ2) is 8.41. The van der Waals surface area contributed by atoms with Crippen LogP contribution in [0.1, 0.15) is 31.2 Å². The first-order valence-electron chi connectivity index (χ1n) is 10.9. The molecule has 0 atom stereocenters. The van der Waals surface area contributed by atoms with Gasteiger partial charge in [-0.1, -0.05) is 36.4 Å². The molecule has 0 spiro atoms. The van der Waals surface area contributed by atoms with E-state index in [2.05, 4.69) is 4.99 Å². The number of fused-ring (bicyclic) bond motifs is 1. The Balaban J connectivity index is 1.25. The number of rotatable bonds is 3. The first-order chi connectivity index (χ1) is 15.2. The molecule has 160 valence electrons. The summed E-state index contributed by atoms with van der Waals surface area (Å²) in [4.78, 5) is 33.0.